The molecule has 0 bridgehead atoms. The van der Waals surface area contributed by atoms with Crippen LogP contribution < -0.4 is 4.90 Å². The maximum Gasteiger partial charge on any atom is 0.332 e. The largest absolute Gasteiger partial charge is 0.444 e. The maximum atomic E-state index is 12.9. The minimum Gasteiger partial charge on any atom is -0.444 e. The molecule has 142 valence electrons. The lowest BCUT2D eigenvalue weighted by Gasteiger charge is -2.19. The number of aryl methyl sites for hydroxylation is 2. The highest BCUT2D eigenvalue weighted by Crippen LogP contribution is 2.28. The van der Waals surface area contributed by atoms with Gasteiger partial charge in [0.1, 0.15) is 12.3 Å². The van der Waals surface area contributed by atoms with Crippen molar-refractivity contribution in [1.82, 2.24) is 9.88 Å². The van der Waals surface area contributed by atoms with Crippen molar-refractivity contribution in [3.63, 3.8) is 0 Å². The van der Waals surface area contributed by atoms with E-state index in [9.17, 15) is 9.59 Å². The van der Waals surface area contributed by atoms with Crippen LogP contribution in [0.25, 0.3) is 11.5 Å². The Balaban J connectivity index is 1.55. The fourth-order valence-corrected chi connectivity index (χ4v) is 3.28. The molecule has 1 unspecified atom stereocenters. The van der Waals surface area contributed by atoms with Gasteiger partial charge in [0.15, 0.2) is 0 Å². The molecule has 0 aliphatic carbocycles. The van der Waals surface area contributed by atoms with E-state index in [-0.39, 0.29) is 18.5 Å². The highest BCUT2D eigenvalue weighted by atomic mass is 16.3. The van der Waals surface area contributed by atoms with Crippen molar-refractivity contribution in [2.75, 3.05) is 4.90 Å². The average molecular weight is 375 g/mol. The zero-order valence-electron chi connectivity index (χ0n) is 16.0. The summed E-state index contributed by atoms with van der Waals surface area (Å²) < 4.78 is 5.55. The Hall–Kier alpha value is -3.41. The lowest BCUT2D eigenvalue weighted by Crippen LogP contribution is -2.33. The van der Waals surface area contributed by atoms with Gasteiger partial charge in [0.2, 0.25) is 5.89 Å². The number of carbonyl (C=O) groups excluding carboxylic acids is 2. The molecule has 0 radical (unpaired) electrons. The Kier molecular flexibility index (Phi) is 4.47. The van der Waals surface area contributed by atoms with Crippen LogP contribution in [-0.4, -0.2) is 27.9 Å². The molecule has 2 heterocycles. The van der Waals surface area contributed by atoms with Gasteiger partial charge in [0, 0.05) is 11.3 Å². The van der Waals surface area contributed by atoms with Gasteiger partial charge in [-0.3, -0.25) is 14.6 Å². The number of aromatic nitrogens is 1. The van der Waals surface area contributed by atoms with E-state index in [4.69, 9.17) is 4.42 Å². The molecule has 1 aliphatic rings. The fourth-order valence-electron chi connectivity index (χ4n) is 3.28. The standard InChI is InChI=1S/C22H21N3O3/c1-14-4-8-17(9-5-14)20-23-18(13-28-20)12-24-21(26)16(3)25(22(24)27)19-10-6-15(2)7-11-19/h4-11,13,16H,12H2,1-3H3. The minimum atomic E-state index is -0.557. The second-order valence-electron chi connectivity index (χ2n) is 7.10. The Morgan fingerprint density at radius 2 is 1.57 bits per heavy atom. The van der Waals surface area contributed by atoms with Gasteiger partial charge in [-0.2, -0.15) is 0 Å². The van der Waals surface area contributed by atoms with E-state index in [0.29, 0.717) is 17.3 Å². The SMILES string of the molecule is Cc1ccc(-c2nc(CN3C(=O)C(C)N(c4ccc(C)cc4)C3=O)co2)cc1. The van der Waals surface area contributed by atoms with E-state index < -0.39 is 6.04 Å². The highest BCUT2D eigenvalue weighted by Gasteiger charge is 2.43. The number of anilines is 1. The molecule has 6 nitrogen and oxygen atoms in total. The number of benzene rings is 2. The van der Waals surface area contributed by atoms with Crippen molar-refractivity contribution in [2.24, 2.45) is 0 Å². The van der Waals surface area contributed by atoms with Crippen LogP contribution in [0.5, 0.6) is 0 Å². The summed E-state index contributed by atoms with van der Waals surface area (Å²) in [5.41, 5.74) is 4.34. The summed E-state index contributed by atoms with van der Waals surface area (Å²) in [5.74, 6) is 0.225. The van der Waals surface area contributed by atoms with E-state index >= 15 is 0 Å². The molecule has 1 atom stereocenters. The van der Waals surface area contributed by atoms with Crippen LogP contribution in [0.2, 0.25) is 0 Å². The summed E-state index contributed by atoms with van der Waals surface area (Å²) in [6.07, 6.45) is 1.49. The van der Waals surface area contributed by atoms with Crippen LogP contribution in [0.3, 0.4) is 0 Å². The number of oxazole rings is 1. The first-order chi connectivity index (χ1) is 13.4. The Labute approximate surface area is 163 Å². The van der Waals surface area contributed by atoms with Crippen molar-refractivity contribution in [2.45, 2.75) is 33.4 Å². The molecule has 28 heavy (non-hydrogen) atoms. The quantitative estimate of drug-likeness (QED) is 0.637. The molecule has 1 fully saturated rings. The van der Waals surface area contributed by atoms with Crippen LogP contribution in [0, 0.1) is 13.8 Å². The summed E-state index contributed by atoms with van der Waals surface area (Å²) in [7, 11) is 0. The predicted octanol–water partition coefficient (Wildman–Crippen LogP) is 4.32. The number of urea groups is 1. The molecular formula is C22H21N3O3. The van der Waals surface area contributed by atoms with Gasteiger partial charge in [-0.1, -0.05) is 35.4 Å². The average Bonchev–Trinajstić information content (AvgIpc) is 3.23. The van der Waals surface area contributed by atoms with Gasteiger partial charge in [-0.15, -0.1) is 0 Å². The molecule has 0 saturated carbocycles. The zero-order chi connectivity index (χ0) is 19.8. The first-order valence-corrected chi connectivity index (χ1v) is 9.17. The lowest BCUT2D eigenvalue weighted by molar-refractivity contribution is -0.127. The first kappa shape index (κ1) is 18.0. The Bertz CT molecular complexity index is 1020. The maximum absolute atomic E-state index is 12.9. The fraction of sp³-hybridized carbons (Fsp3) is 0.227. The summed E-state index contributed by atoms with van der Waals surface area (Å²) in [6, 6.07) is 14.5. The number of amides is 3. The highest BCUT2D eigenvalue weighted by molar-refractivity contribution is 6.13. The van der Waals surface area contributed by atoms with Crippen molar-refractivity contribution in [3.8, 4) is 11.5 Å². The van der Waals surface area contributed by atoms with E-state index in [0.717, 1.165) is 16.7 Å². The second kappa shape index (κ2) is 6.96. The molecule has 4 rings (SSSR count). The van der Waals surface area contributed by atoms with Gasteiger partial charge < -0.3 is 4.42 Å². The topological polar surface area (TPSA) is 66.7 Å². The molecule has 1 saturated heterocycles. The molecule has 0 N–H and O–H groups in total. The number of imide groups is 1. The third kappa shape index (κ3) is 3.17. The molecule has 1 aromatic heterocycles. The van der Waals surface area contributed by atoms with Crippen LogP contribution in [0.15, 0.2) is 59.2 Å². The van der Waals surface area contributed by atoms with Crippen LogP contribution >= 0.6 is 0 Å². The van der Waals surface area contributed by atoms with E-state index in [1.54, 1.807) is 6.92 Å². The molecular weight excluding hydrogens is 354 g/mol. The normalized spacial score (nSPS) is 16.9. The lowest BCUT2D eigenvalue weighted by atomic mass is 10.1. The van der Waals surface area contributed by atoms with Gasteiger partial charge in [0.05, 0.1) is 12.2 Å². The van der Waals surface area contributed by atoms with Crippen LogP contribution in [-0.2, 0) is 11.3 Å². The third-order valence-electron chi connectivity index (χ3n) is 4.93. The van der Waals surface area contributed by atoms with E-state index in [2.05, 4.69) is 4.98 Å². The summed E-state index contributed by atoms with van der Waals surface area (Å²) in [5, 5.41) is 0. The minimum absolute atomic E-state index is 0.0831. The predicted molar refractivity (Wildman–Crippen MR) is 106 cm³/mol. The van der Waals surface area contributed by atoms with E-state index in [1.807, 2.05) is 62.4 Å². The second-order valence-corrected chi connectivity index (χ2v) is 7.10. The molecule has 1 aliphatic heterocycles. The first-order valence-electron chi connectivity index (χ1n) is 9.17. The number of hydrogen-bond acceptors (Lipinski definition) is 4. The van der Waals surface area contributed by atoms with Crippen molar-refractivity contribution < 1.29 is 14.0 Å². The number of nitrogens with zero attached hydrogens (tertiary/aromatic N) is 3. The monoisotopic (exact) mass is 375 g/mol. The van der Waals surface area contributed by atoms with Crippen LogP contribution in [0.1, 0.15) is 23.7 Å². The van der Waals surface area contributed by atoms with Crippen molar-refractivity contribution >= 4 is 17.6 Å². The van der Waals surface area contributed by atoms with E-state index in [1.165, 1.54) is 16.1 Å². The van der Waals surface area contributed by atoms with Gasteiger partial charge in [-0.05, 0) is 45.0 Å². The molecule has 6 heteroatoms. The number of hydrogen-bond donors (Lipinski definition) is 0. The van der Waals surface area contributed by atoms with Crippen molar-refractivity contribution in [3.05, 3.63) is 71.6 Å². The van der Waals surface area contributed by atoms with Gasteiger partial charge in [0.25, 0.3) is 5.91 Å². The third-order valence-corrected chi connectivity index (χ3v) is 4.93. The smallest absolute Gasteiger partial charge is 0.332 e. The van der Waals surface area contributed by atoms with Gasteiger partial charge in [-0.25, -0.2) is 9.78 Å². The molecule has 2 aromatic carbocycles. The summed E-state index contributed by atoms with van der Waals surface area (Å²) in [6.45, 7) is 5.81. The van der Waals surface area contributed by atoms with Crippen LogP contribution in [0.4, 0.5) is 10.5 Å². The number of carbonyl (C=O) groups is 2. The molecule has 3 amide bonds. The Morgan fingerprint density at radius 3 is 2.21 bits per heavy atom. The zero-order valence-corrected chi connectivity index (χ0v) is 16.0. The van der Waals surface area contributed by atoms with Gasteiger partial charge >= 0.3 is 6.03 Å². The molecule has 0 spiro atoms. The summed E-state index contributed by atoms with van der Waals surface area (Å²) >= 11 is 0. The summed E-state index contributed by atoms with van der Waals surface area (Å²) in [4.78, 5) is 32.8. The Morgan fingerprint density at radius 1 is 0.964 bits per heavy atom. The number of rotatable bonds is 4. The molecule has 3 aromatic rings. The van der Waals surface area contributed by atoms with Crippen molar-refractivity contribution in [1.29, 1.82) is 0 Å².